The number of amidine groups is 1. The van der Waals surface area contributed by atoms with E-state index in [2.05, 4.69) is 4.99 Å². The van der Waals surface area contributed by atoms with Gasteiger partial charge in [0.25, 0.3) is 10.0 Å². The highest BCUT2D eigenvalue weighted by Gasteiger charge is 2.22. The van der Waals surface area contributed by atoms with Crippen molar-refractivity contribution in [2.24, 2.45) is 4.99 Å². The van der Waals surface area contributed by atoms with Crippen LogP contribution in [0.4, 0.5) is 0 Å². The van der Waals surface area contributed by atoms with Crippen LogP contribution in [0.1, 0.15) is 25.8 Å². The number of hydrogen-bond acceptors (Lipinski definition) is 3. The molecule has 0 unspecified atom stereocenters. The lowest BCUT2D eigenvalue weighted by Gasteiger charge is -2.20. The van der Waals surface area contributed by atoms with Gasteiger partial charge in [-0.25, -0.2) is 8.42 Å². The molecule has 0 aliphatic heterocycles. The molecule has 1 aromatic rings. The normalized spacial score (nSPS) is 12.6. The third-order valence-electron chi connectivity index (χ3n) is 2.70. The molecule has 0 saturated carbocycles. The summed E-state index contributed by atoms with van der Waals surface area (Å²) in [6.07, 6.45) is 0.593. The van der Waals surface area contributed by atoms with E-state index in [-0.39, 0.29) is 0 Å². The zero-order valence-corrected chi connectivity index (χ0v) is 12.2. The van der Waals surface area contributed by atoms with Crippen LogP contribution in [0.15, 0.2) is 34.2 Å². The van der Waals surface area contributed by atoms with Crippen LogP contribution in [-0.4, -0.2) is 32.2 Å². The van der Waals surface area contributed by atoms with Crippen molar-refractivity contribution in [3.8, 4) is 0 Å². The van der Waals surface area contributed by atoms with Crippen molar-refractivity contribution in [1.82, 2.24) is 4.31 Å². The standard InChI is InChI=1S/C13H20N2O2S/c1-5-13(14-6-2)15(4)18(16,17)12-9-7-11(3)8-10-12/h7-10H,5-6H2,1-4H3/b14-13+. The fourth-order valence-corrected chi connectivity index (χ4v) is 2.88. The second-order valence-corrected chi connectivity index (χ2v) is 6.00. The third kappa shape index (κ3) is 3.10. The van der Waals surface area contributed by atoms with E-state index in [0.717, 1.165) is 5.56 Å². The predicted molar refractivity (Wildman–Crippen MR) is 74.4 cm³/mol. The van der Waals surface area contributed by atoms with Gasteiger partial charge >= 0.3 is 0 Å². The van der Waals surface area contributed by atoms with Gasteiger partial charge in [-0.3, -0.25) is 9.30 Å². The Hall–Kier alpha value is -1.36. The summed E-state index contributed by atoms with van der Waals surface area (Å²) in [4.78, 5) is 4.51. The lowest BCUT2D eigenvalue weighted by molar-refractivity contribution is 0.549. The van der Waals surface area contributed by atoms with Gasteiger partial charge in [0.05, 0.1) is 4.90 Å². The summed E-state index contributed by atoms with van der Waals surface area (Å²) in [6.45, 7) is 6.30. The van der Waals surface area contributed by atoms with Gasteiger partial charge in [-0.1, -0.05) is 24.6 Å². The Labute approximate surface area is 109 Å². The summed E-state index contributed by atoms with van der Waals surface area (Å²) in [6, 6.07) is 6.84. The summed E-state index contributed by atoms with van der Waals surface area (Å²) in [5, 5.41) is 0. The van der Waals surface area contributed by atoms with Crippen molar-refractivity contribution in [2.45, 2.75) is 32.1 Å². The van der Waals surface area contributed by atoms with Crippen molar-refractivity contribution in [3.05, 3.63) is 29.8 Å². The maximum Gasteiger partial charge on any atom is 0.264 e. The quantitative estimate of drug-likeness (QED) is 0.622. The summed E-state index contributed by atoms with van der Waals surface area (Å²) < 4.78 is 26.0. The number of nitrogens with zero attached hydrogens (tertiary/aromatic N) is 2. The molecule has 0 saturated heterocycles. The first-order chi connectivity index (χ1) is 8.43. The van der Waals surface area contributed by atoms with Crippen LogP contribution in [0.5, 0.6) is 0 Å². The van der Waals surface area contributed by atoms with Gasteiger partial charge in [-0.05, 0) is 26.0 Å². The van der Waals surface area contributed by atoms with Crippen LogP contribution < -0.4 is 0 Å². The molecule has 0 aromatic heterocycles. The Morgan fingerprint density at radius 1 is 1.22 bits per heavy atom. The first-order valence-electron chi connectivity index (χ1n) is 6.02. The number of sulfonamides is 1. The molecule has 0 aliphatic carbocycles. The van der Waals surface area contributed by atoms with Crippen LogP contribution in [0.3, 0.4) is 0 Å². The van der Waals surface area contributed by atoms with Crippen LogP contribution >= 0.6 is 0 Å². The highest BCUT2D eigenvalue weighted by Crippen LogP contribution is 2.16. The molecule has 1 aromatic carbocycles. The van der Waals surface area contributed by atoms with Gasteiger partial charge in [0.1, 0.15) is 5.84 Å². The molecule has 0 heterocycles. The molecule has 0 spiro atoms. The number of benzene rings is 1. The molecule has 0 bridgehead atoms. The Bertz CT molecular complexity index is 518. The van der Waals surface area contributed by atoms with E-state index >= 15 is 0 Å². The monoisotopic (exact) mass is 268 g/mol. The second kappa shape index (κ2) is 6.00. The molecule has 0 aliphatic rings. The molecule has 18 heavy (non-hydrogen) atoms. The van der Waals surface area contributed by atoms with Crippen molar-refractivity contribution in [1.29, 1.82) is 0 Å². The lowest BCUT2D eigenvalue weighted by Crippen LogP contribution is -2.33. The highest BCUT2D eigenvalue weighted by atomic mass is 32.2. The Morgan fingerprint density at radius 2 is 1.78 bits per heavy atom. The van der Waals surface area contributed by atoms with Crippen LogP contribution in [0.2, 0.25) is 0 Å². The number of hydrogen-bond donors (Lipinski definition) is 0. The molecule has 5 heteroatoms. The molecule has 0 N–H and O–H groups in total. The molecule has 0 fully saturated rings. The largest absolute Gasteiger partial charge is 0.272 e. The van der Waals surface area contributed by atoms with Gasteiger partial charge in [0.15, 0.2) is 0 Å². The third-order valence-corrected chi connectivity index (χ3v) is 4.50. The van der Waals surface area contributed by atoms with Gasteiger partial charge in [0.2, 0.25) is 0 Å². The topological polar surface area (TPSA) is 49.7 Å². The second-order valence-electron chi connectivity index (χ2n) is 4.03. The van der Waals surface area contributed by atoms with Crippen molar-refractivity contribution < 1.29 is 8.42 Å². The fourth-order valence-electron chi connectivity index (χ4n) is 1.62. The van der Waals surface area contributed by atoms with E-state index in [1.165, 1.54) is 4.31 Å². The van der Waals surface area contributed by atoms with E-state index in [0.29, 0.717) is 23.7 Å². The van der Waals surface area contributed by atoms with E-state index < -0.39 is 10.0 Å². The predicted octanol–water partition coefficient (Wildman–Crippen LogP) is 2.44. The van der Waals surface area contributed by atoms with Crippen molar-refractivity contribution in [3.63, 3.8) is 0 Å². The number of aliphatic imine (C=N–C) groups is 1. The Kier molecular flexibility index (Phi) is 4.90. The minimum absolute atomic E-state index is 0.299. The molecule has 0 amide bonds. The lowest BCUT2D eigenvalue weighted by atomic mass is 10.2. The maximum absolute atomic E-state index is 12.4. The molecule has 1 rings (SSSR count). The van der Waals surface area contributed by atoms with Crippen LogP contribution in [0, 0.1) is 6.92 Å². The van der Waals surface area contributed by atoms with Gasteiger partial charge in [-0.2, -0.15) is 0 Å². The number of aryl methyl sites for hydroxylation is 1. The van der Waals surface area contributed by atoms with Crippen LogP contribution in [-0.2, 0) is 10.0 Å². The van der Waals surface area contributed by atoms with Crippen LogP contribution in [0.25, 0.3) is 0 Å². The van der Waals surface area contributed by atoms with Crippen molar-refractivity contribution >= 4 is 15.9 Å². The average molecular weight is 268 g/mol. The smallest absolute Gasteiger partial charge is 0.264 e. The van der Waals surface area contributed by atoms with Gasteiger partial charge in [-0.15, -0.1) is 0 Å². The number of rotatable bonds is 4. The Balaban J connectivity index is 3.14. The van der Waals surface area contributed by atoms with Gasteiger partial charge in [0, 0.05) is 20.0 Å². The Morgan fingerprint density at radius 3 is 2.22 bits per heavy atom. The molecule has 0 atom stereocenters. The van der Waals surface area contributed by atoms with E-state index in [1.54, 1.807) is 31.3 Å². The van der Waals surface area contributed by atoms with E-state index in [1.807, 2.05) is 20.8 Å². The van der Waals surface area contributed by atoms with Crippen molar-refractivity contribution in [2.75, 3.05) is 13.6 Å². The summed E-state index contributed by atoms with van der Waals surface area (Å²) in [5.41, 5.74) is 1.04. The van der Waals surface area contributed by atoms with E-state index in [4.69, 9.17) is 0 Å². The molecular weight excluding hydrogens is 248 g/mol. The minimum atomic E-state index is -3.49. The first kappa shape index (κ1) is 14.7. The zero-order chi connectivity index (χ0) is 13.8. The molecular formula is C13H20N2O2S. The maximum atomic E-state index is 12.4. The SMILES string of the molecule is CC/N=C(\CC)N(C)S(=O)(=O)c1ccc(C)cc1. The summed E-state index contributed by atoms with van der Waals surface area (Å²) in [5.74, 6) is 0.582. The highest BCUT2D eigenvalue weighted by molar-refractivity contribution is 7.89. The minimum Gasteiger partial charge on any atom is -0.272 e. The summed E-state index contributed by atoms with van der Waals surface area (Å²) >= 11 is 0. The van der Waals surface area contributed by atoms with Gasteiger partial charge < -0.3 is 0 Å². The summed E-state index contributed by atoms with van der Waals surface area (Å²) in [7, 11) is -1.94. The average Bonchev–Trinajstić information content (AvgIpc) is 2.35. The fraction of sp³-hybridized carbons (Fsp3) is 0.462. The molecule has 100 valence electrons. The zero-order valence-electron chi connectivity index (χ0n) is 11.3. The van der Waals surface area contributed by atoms with E-state index in [9.17, 15) is 8.42 Å². The molecule has 4 nitrogen and oxygen atoms in total. The molecule has 0 radical (unpaired) electrons. The first-order valence-corrected chi connectivity index (χ1v) is 7.46.